The van der Waals surface area contributed by atoms with E-state index in [0.717, 1.165) is 44.5 Å². The van der Waals surface area contributed by atoms with Gasteiger partial charge in [0.1, 0.15) is 0 Å². The van der Waals surface area contributed by atoms with Gasteiger partial charge in [-0.25, -0.2) is 10.4 Å². The van der Waals surface area contributed by atoms with E-state index in [9.17, 15) is 9.59 Å². The number of carbonyl (C=O) groups is 2. The first-order chi connectivity index (χ1) is 15.7. The largest absolute Gasteiger partial charge is 0.377 e. The van der Waals surface area contributed by atoms with Crippen molar-refractivity contribution >= 4 is 17.5 Å². The molecule has 0 radical (unpaired) electrons. The third-order valence-electron chi connectivity index (χ3n) is 7.63. The molecule has 2 N–H and O–H groups in total. The highest BCUT2D eigenvalue weighted by molar-refractivity contribution is 5.98. The fourth-order valence-corrected chi connectivity index (χ4v) is 5.91. The molecule has 1 aliphatic carbocycles. The molecule has 4 fully saturated rings. The molecule has 32 heavy (non-hydrogen) atoms. The predicted octanol–water partition coefficient (Wildman–Crippen LogP) is 2.47. The lowest BCUT2D eigenvalue weighted by atomic mass is 9.83. The number of likely N-dealkylation sites (tertiary alicyclic amines) is 1. The van der Waals surface area contributed by atoms with Gasteiger partial charge >= 0.3 is 0 Å². The van der Waals surface area contributed by atoms with Gasteiger partial charge in [0.25, 0.3) is 0 Å². The Bertz CT molecular complexity index is 790. The van der Waals surface area contributed by atoms with E-state index in [-0.39, 0.29) is 41.8 Å². The lowest BCUT2D eigenvalue weighted by Crippen LogP contribution is -2.58. The maximum Gasteiger partial charge on any atom is 0.247 e. The SMILES string of the molecule is O=C(NC1CCCCCC1)C1CN(CC2CCCO2)CC2C(=O)N(c3ccccc3)NC12. The van der Waals surface area contributed by atoms with Gasteiger partial charge in [-0.3, -0.25) is 14.5 Å². The second-order valence-corrected chi connectivity index (χ2v) is 9.93. The van der Waals surface area contributed by atoms with Crippen LogP contribution in [0.2, 0.25) is 0 Å². The summed E-state index contributed by atoms with van der Waals surface area (Å²) in [6, 6.07) is 9.79. The minimum Gasteiger partial charge on any atom is -0.377 e. The Morgan fingerprint density at radius 2 is 1.81 bits per heavy atom. The smallest absolute Gasteiger partial charge is 0.247 e. The summed E-state index contributed by atoms with van der Waals surface area (Å²) in [6.45, 7) is 2.96. The number of carbonyl (C=O) groups excluding carboxylic acids is 2. The quantitative estimate of drug-likeness (QED) is 0.688. The van der Waals surface area contributed by atoms with Gasteiger partial charge in [0.15, 0.2) is 0 Å². The summed E-state index contributed by atoms with van der Waals surface area (Å²) in [5.41, 5.74) is 4.25. The van der Waals surface area contributed by atoms with Crippen LogP contribution in [0.5, 0.6) is 0 Å². The molecule has 5 rings (SSSR count). The van der Waals surface area contributed by atoms with Gasteiger partial charge < -0.3 is 10.1 Å². The molecule has 4 aliphatic rings. The Morgan fingerprint density at radius 1 is 1.03 bits per heavy atom. The summed E-state index contributed by atoms with van der Waals surface area (Å²) >= 11 is 0. The molecule has 3 aliphatic heterocycles. The van der Waals surface area contributed by atoms with Crippen LogP contribution in [0, 0.1) is 11.8 Å². The van der Waals surface area contributed by atoms with Gasteiger partial charge in [-0.15, -0.1) is 0 Å². The van der Waals surface area contributed by atoms with Crippen LogP contribution < -0.4 is 15.8 Å². The standard InChI is InChI=1S/C25H36N4O3/c30-24(26-18-9-4-1-2-5-10-18)21-16-28(15-20-13-8-14-32-20)17-22-23(21)27-29(25(22)31)19-11-6-3-7-12-19/h3,6-7,11-12,18,20-23,27H,1-2,4-5,8-10,13-17H2,(H,26,30). The Labute approximate surface area is 190 Å². The van der Waals surface area contributed by atoms with Crippen molar-refractivity contribution in [1.29, 1.82) is 0 Å². The normalized spacial score (nSPS) is 32.0. The van der Waals surface area contributed by atoms with Crippen LogP contribution in [0.3, 0.4) is 0 Å². The molecule has 1 saturated carbocycles. The predicted molar refractivity (Wildman–Crippen MR) is 123 cm³/mol. The number of anilines is 1. The molecule has 3 heterocycles. The lowest BCUT2D eigenvalue weighted by molar-refractivity contribution is -0.131. The average Bonchev–Trinajstić information content (AvgIpc) is 3.35. The summed E-state index contributed by atoms with van der Waals surface area (Å²) in [4.78, 5) is 29.2. The molecule has 7 heteroatoms. The van der Waals surface area contributed by atoms with Crippen molar-refractivity contribution in [2.24, 2.45) is 11.8 Å². The number of hydrogen-bond acceptors (Lipinski definition) is 5. The number of piperidine rings is 1. The molecule has 7 nitrogen and oxygen atoms in total. The second-order valence-electron chi connectivity index (χ2n) is 9.93. The monoisotopic (exact) mass is 440 g/mol. The number of rotatable bonds is 5. The van der Waals surface area contributed by atoms with Crippen LogP contribution in [0.15, 0.2) is 30.3 Å². The third-order valence-corrected chi connectivity index (χ3v) is 7.63. The highest BCUT2D eigenvalue weighted by Crippen LogP contribution is 2.33. The van der Waals surface area contributed by atoms with Gasteiger partial charge in [-0.1, -0.05) is 43.9 Å². The van der Waals surface area contributed by atoms with E-state index in [2.05, 4.69) is 15.6 Å². The van der Waals surface area contributed by atoms with Crippen LogP contribution >= 0.6 is 0 Å². The van der Waals surface area contributed by atoms with Crippen LogP contribution in [0.1, 0.15) is 51.4 Å². The van der Waals surface area contributed by atoms with Gasteiger partial charge in [-0.05, 0) is 37.8 Å². The molecule has 174 valence electrons. The van der Waals surface area contributed by atoms with Crippen LogP contribution in [-0.4, -0.2) is 61.1 Å². The van der Waals surface area contributed by atoms with Crippen molar-refractivity contribution in [3.05, 3.63) is 30.3 Å². The zero-order valence-corrected chi connectivity index (χ0v) is 18.9. The molecule has 3 saturated heterocycles. The summed E-state index contributed by atoms with van der Waals surface area (Å²) in [5.74, 6) is -0.323. The van der Waals surface area contributed by atoms with Crippen molar-refractivity contribution < 1.29 is 14.3 Å². The van der Waals surface area contributed by atoms with Crippen molar-refractivity contribution in [1.82, 2.24) is 15.6 Å². The fraction of sp³-hybridized carbons (Fsp3) is 0.680. The Kier molecular flexibility index (Phi) is 6.76. The number of nitrogens with zero attached hydrogens (tertiary/aromatic N) is 2. The highest BCUT2D eigenvalue weighted by atomic mass is 16.5. The van der Waals surface area contributed by atoms with E-state index in [1.165, 1.54) is 25.7 Å². The first kappa shape index (κ1) is 21.9. The number of benzene rings is 1. The summed E-state index contributed by atoms with van der Waals surface area (Å²) in [5, 5.41) is 5.02. The third kappa shape index (κ3) is 4.70. The number of hydrazine groups is 1. The fourth-order valence-electron chi connectivity index (χ4n) is 5.91. The number of para-hydroxylation sites is 1. The number of nitrogens with one attached hydrogen (secondary N) is 2. The Balaban J connectivity index is 1.34. The van der Waals surface area contributed by atoms with Crippen LogP contribution in [0.4, 0.5) is 5.69 Å². The van der Waals surface area contributed by atoms with Gasteiger partial charge in [0.2, 0.25) is 11.8 Å². The van der Waals surface area contributed by atoms with Crippen molar-refractivity contribution in [3.8, 4) is 0 Å². The van der Waals surface area contributed by atoms with E-state index in [1.54, 1.807) is 5.01 Å². The summed E-state index contributed by atoms with van der Waals surface area (Å²) < 4.78 is 5.86. The van der Waals surface area contributed by atoms with E-state index in [0.29, 0.717) is 13.1 Å². The van der Waals surface area contributed by atoms with Gasteiger partial charge in [0.05, 0.1) is 29.7 Å². The molecule has 4 unspecified atom stereocenters. The number of fused-ring (bicyclic) bond motifs is 1. The molecule has 1 aromatic rings. The average molecular weight is 441 g/mol. The van der Waals surface area contributed by atoms with Gasteiger partial charge in [0, 0.05) is 32.3 Å². The molecular formula is C25H36N4O3. The molecule has 1 aromatic carbocycles. The molecular weight excluding hydrogens is 404 g/mol. The number of ether oxygens (including phenoxy) is 1. The Morgan fingerprint density at radius 3 is 2.53 bits per heavy atom. The minimum absolute atomic E-state index is 0.0607. The number of amides is 2. The van der Waals surface area contributed by atoms with Crippen molar-refractivity contribution in [2.75, 3.05) is 31.3 Å². The topological polar surface area (TPSA) is 73.9 Å². The summed E-state index contributed by atoms with van der Waals surface area (Å²) in [7, 11) is 0. The maximum absolute atomic E-state index is 13.5. The zero-order chi connectivity index (χ0) is 21.9. The first-order valence-electron chi connectivity index (χ1n) is 12.5. The number of hydrogen-bond donors (Lipinski definition) is 2. The van der Waals surface area contributed by atoms with E-state index < -0.39 is 0 Å². The van der Waals surface area contributed by atoms with E-state index >= 15 is 0 Å². The van der Waals surface area contributed by atoms with Crippen LogP contribution in [0.25, 0.3) is 0 Å². The van der Waals surface area contributed by atoms with Crippen molar-refractivity contribution in [3.63, 3.8) is 0 Å². The second kappa shape index (κ2) is 9.89. The minimum atomic E-state index is -0.254. The van der Waals surface area contributed by atoms with E-state index in [1.807, 2.05) is 30.3 Å². The van der Waals surface area contributed by atoms with Gasteiger partial charge in [-0.2, -0.15) is 0 Å². The molecule has 0 spiro atoms. The molecule has 4 atom stereocenters. The van der Waals surface area contributed by atoms with Crippen LogP contribution in [-0.2, 0) is 14.3 Å². The van der Waals surface area contributed by atoms with E-state index in [4.69, 9.17) is 4.74 Å². The van der Waals surface area contributed by atoms with Crippen molar-refractivity contribution in [2.45, 2.75) is 69.6 Å². The highest BCUT2D eigenvalue weighted by Gasteiger charge is 2.51. The Hall–Kier alpha value is -1.96. The zero-order valence-electron chi connectivity index (χ0n) is 18.9. The molecule has 0 aromatic heterocycles. The first-order valence-corrected chi connectivity index (χ1v) is 12.5. The summed E-state index contributed by atoms with van der Waals surface area (Å²) in [6.07, 6.45) is 9.40. The molecule has 2 amide bonds. The lowest BCUT2D eigenvalue weighted by Gasteiger charge is -2.39. The maximum atomic E-state index is 13.5. The molecule has 0 bridgehead atoms.